The van der Waals surface area contributed by atoms with Gasteiger partial charge in [0.15, 0.2) is 0 Å². The molecule has 3 aromatic rings. The molecule has 24 heavy (non-hydrogen) atoms. The molecule has 1 aromatic carbocycles. The molecule has 2 aromatic heterocycles. The Bertz CT molecular complexity index is 929. The summed E-state index contributed by atoms with van der Waals surface area (Å²) in [5.74, 6) is 0.397. The molecule has 0 aliphatic heterocycles. The largest absolute Gasteiger partial charge is 0.469 e. The minimum Gasteiger partial charge on any atom is -0.469 e. The van der Waals surface area contributed by atoms with Gasteiger partial charge in [-0.15, -0.1) is 11.3 Å². The van der Waals surface area contributed by atoms with Gasteiger partial charge in [0.05, 0.1) is 12.5 Å². The Labute approximate surface area is 143 Å². The number of aromatic nitrogens is 2. The number of ether oxygens (including phenoxy) is 1. The van der Waals surface area contributed by atoms with Gasteiger partial charge in [-0.25, -0.2) is 4.98 Å². The van der Waals surface area contributed by atoms with E-state index in [9.17, 15) is 9.59 Å². The molecule has 0 fully saturated rings. The average Bonchev–Trinajstić information content (AvgIpc) is 3.02. The van der Waals surface area contributed by atoms with Gasteiger partial charge < -0.3 is 4.74 Å². The van der Waals surface area contributed by atoms with Crippen LogP contribution in [0.1, 0.15) is 18.7 Å². The molecule has 5 nitrogen and oxygen atoms in total. The number of thiophene rings is 1. The van der Waals surface area contributed by atoms with Crippen LogP contribution in [0.2, 0.25) is 0 Å². The smallest absolute Gasteiger partial charge is 0.305 e. The summed E-state index contributed by atoms with van der Waals surface area (Å²) in [6.45, 7) is 2.27. The van der Waals surface area contributed by atoms with Crippen molar-refractivity contribution >= 4 is 27.5 Å². The first-order chi connectivity index (χ1) is 11.6. The number of rotatable bonds is 5. The van der Waals surface area contributed by atoms with Crippen molar-refractivity contribution in [3.05, 3.63) is 51.9 Å². The van der Waals surface area contributed by atoms with Gasteiger partial charge in [0.25, 0.3) is 5.56 Å². The van der Waals surface area contributed by atoms with Crippen molar-refractivity contribution in [2.45, 2.75) is 26.3 Å². The number of carbonyl (C=O) groups is 1. The fourth-order valence-electron chi connectivity index (χ4n) is 2.70. The summed E-state index contributed by atoms with van der Waals surface area (Å²) in [5.41, 5.74) is 1.87. The highest BCUT2D eigenvalue weighted by Gasteiger charge is 2.15. The Morgan fingerprint density at radius 2 is 2.04 bits per heavy atom. The van der Waals surface area contributed by atoms with Gasteiger partial charge in [-0.2, -0.15) is 0 Å². The number of fused-ring (bicyclic) bond motifs is 1. The molecule has 3 rings (SSSR count). The highest BCUT2D eigenvalue weighted by atomic mass is 32.1. The predicted molar refractivity (Wildman–Crippen MR) is 95.3 cm³/mol. The summed E-state index contributed by atoms with van der Waals surface area (Å²) in [5, 5.41) is 2.63. The zero-order chi connectivity index (χ0) is 17.1. The van der Waals surface area contributed by atoms with Crippen molar-refractivity contribution in [2.75, 3.05) is 7.11 Å². The molecule has 0 saturated carbocycles. The van der Waals surface area contributed by atoms with Gasteiger partial charge in [0.1, 0.15) is 10.7 Å². The van der Waals surface area contributed by atoms with Gasteiger partial charge in [-0.05, 0) is 18.9 Å². The summed E-state index contributed by atoms with van der Waals surface area (Å²) in [4.78, 5) is 29.5. The molecule has 0 unspecified atom stereocenters. The van der Waals surface area contributed by atoms with Crippen molar-refractivity contribution in [2.24, 2.45) is 0 Å². The van der Waals surface area contributed by atoms with E-state index < -0.39 is 0 Å². The van der Waals surface area contributed by atoms with E-state index in [-0.39, 0.29) is 17.9 Å². The quantitative estimate of drug-likeness (QED) is 0.667. The molecule has 0 amide bonds. The molecular weight excluding hydrogens is 324 g/mol. The van der Waals surface area contributed by atoms with Gasteiger partial charge in [-0.1, -0.05) is 30.3 Å². The SMILES string of the molecule is COC(=O)CCCn1c(C)nc2scc(-c3ccccc3)c2c1=O. The summed E-state index contributed by atoms with van der Waals surface area (Å²) in [6, 6.07) is 9.83. The third-order valence-electron chi connectivity index (χ3n) is 3.96. The average molecular weight is 342 g/mol. The Balaban J connectivity index is 2.02. The standard InChI is InChI=1S/C18H18N2O3S/c1-12-19-17-16(14(11-24-17)13-7-4-3-5-8-13)18(22)20(12)10-6-9-15(21)23-2/h3-5,7-8,11H,6,9-10H2,1-2H3. The third-order valence-corrected chi connectivity index (χ3v) is 4.83. The lowest BCUT2D eigenvalue weighted by Crippen LogP contribution is -2.24. The number of hydrogen-bond donors (Lipinski definition) is 0. The Morgan fingerprint density at radius 3 is 2.75 bits per heavy atom. The first kappa shape index (κ1) is 16.4. The molecule has 0 N–H and O–H groups in total. The molecule has 0 radical (unpaired) electrons. The highest BCUT2D eigenvalue weighted by Crippen LogP contribution is 2.30. The minimum atomic E-state index is -0.268. The van der Waals surface area contributed by atoms with Crippen LogP contribution in [-0.4, -0.2) is 22.6 Å². The van der Waals surface area contributed by atoms with Crippen LogP contribution < -0.4 is 5.56 Å². The molecule has 0 bridgehead atoms. The monoisotopic (exact) mass is 342 g/mol. The molecule has 124 valence electrons. The second-order valence-electron chi connectivity index (χ2n) is 5.49. The Kier molecular flexibility index (Phi) is 4.76. The fraction of sp³-hybridized carbons (Fsp3) is 0.278. The van der Waals surface area contributed by atoms with Crippen molar-refractivity contribution in [1.82, 2.24) is 9.55 Å². The van der Waals surface area contributed by atoms with Crippen molar-refractivity contribution < 1.29 is 9.53 Å². The molecule has 0 aliphatic carbocycles. The topological polar surface area (TPSA) is 61.2 Å². The van der Waals surface area contributed by atoms with E-state index in [1.54, 1.807) is 4.57 Å². The van der Waals surface area contributed by atoms with Crippen molar-refractivity contribution in [3.8, 4) is 11.1 Å². The molecular formula is C18H18N2O3S. The van der Waals surface area contributed by atoms with Crippen LogP contribution in [0.5, 0.6) is 0 Å². The maximum Gasteiger partial charge on any atom is 0.305 e. The summed E-state index contributed by atoms with van der Waals surface area (Å²) >= 11 is 1.48. The van der Waals surface area contributed by atoms with Crippen molar-refractivity contribution in [1.29, 1.82) is 0 Å². The fourth-order valence-corrected chi connectivity index (χ4v) is 3.69. The summed E-state index contributed by atoms with van der Waals surface area (Å²) < 4.78 is 6.29. The molecule has 0 aliphatic rings. The predicted octanol–water partition coefficient (Wildman–Crippen LogP) is 3.39. The zero-order valence-electron chi connectivity index (χ0n) is 13.6. The molecule has 0 atom stereocenters. The highest BCUT2D eigenvalue weighted by molar-refractivity contribution is 7.17. The molecule has 0 saturated heterocycles. The maximum atomic E-state index is 13.0. The normalized spacial score (nSPS) is 10.9. The van der Waals surface area contributed by atoms with E-state index in [1.807, 2.05) is 42.6 Å². The van der Waals surface area contributed by atoms with Gasteiger partial charge in [-0.3, -0.25) is 14.2 Å². The minimum absolute atomic E-state index is 0.0533. The van der Waals surface area contributed by atoms with E-state index in [0.717, 1.165) is 16.0 Å². The second-order valence-corrected chi connectivity index (χ2v) is 6.35. The molecule has 2 heterocycles. The number of benzene rings is 1. The first-order valence-corrected chi connectivity index (χ1v) is 8.60. The van der Waals surface area contributed by atoms with Crippen LogP contribution in [-0.2, 0) is 16.1 Å². The second kappa shape index (κ2) is 6.97. The number of methoxy groups -OCH3 is 1. The van der Waals surface area contributed by atoms with Crippen LogP contribution >= 0.6 is 11.3 Å². The lowest BCUT2D eigenvalue weighted by molar-refractivity contribution is -0.140. The van der Waals surface area contributed by atoms with Gasteiger partial charge in [0.2, 0.25) is 0 Å². The third kappa shape index (κ3) is 3.10. The van der Waals surface area contributed by atoms with E-state index in [2.05, 4.69) is 9.72 Å². The van der Waals surface area contributed by atoms with Crippen LogP contribution in [0.3, 0.4) is 0 Å². The van der Waals surface area contributed by atoms with Crippen LogP contribution in [0.4, 0.5) is 0 Å². The maximum absolute atomic E-state index is 13.0. The van der Waals surface area contributed by atoms with Gasteiger partial charge in [0, 0.05) is 23.9 Å². The van der Waals surface area contributed by atoms with Crippen LogP contribution in [0, 0.1) is 6.92 Å². The Morgan fingerprint density at radius 1 is 1.29 bits per heavy atom. The number of aryl methyl sites for hydroxylation is 1. The van der Waals surface area contributed by atoms with E-state index in [1.165, 1.54) is 18.4 Å². The number of esters is 1. The van der Waals surface area contributed by atoms with Crippen LogP contribution in [0.15, 0.2) is 40.5 Å². The van der Waals surface area contributed by atoms with E-state index in [0.29, 0.717) is 24.2 Å². The van der Waals surface area contributed by atoms with Gasteiger partial charge >= 0.3 is 5.97 Å². The summed E-state index contributed by atoms with van der Waals surface area (Å²) in [6.07, 6.45) is 0.834. The summed E-state index contributed by atoms with van der Waals surface area (Å²) in [7, 11) is 1.37. The number of nitrogens with zero attached hydrogens (tertiary/aromatic N) is 2. The van der Waals surface area contributed by atoms with Crippen molar-refractivity contribution in [3.63, 3.8) is 0 Å². The van der Waals surface area contributed by atoms with E-state index in [4.69, 9.17) is 0 Å². The lowest BCUT2D eigenvalue weighted by Gasteiger charge is -2.09. The number of hydrogen-bond acceptors (Lipinski definition) is 5. The van der Waals surface area contributed by atoms with E-state index >= 15 is 0 Å². The lowest BCUT2D eigenvalue weighted by atomic mass is 10.1. The molecule has 6 heteroatoms. The zero-order valence-corrected chi connectivity index (χ0v) is 14.4. The molecule has 0 spiro atoms. The Hall–Kier alpha value is -2.47. The van der Waals surface area contributed by atoms with Crippen LogP contribution in [0.25, 0.3) is 21.3 Å². The number of carbonyl (C=O) groups excluding carboxylic acids is 1. The first-order valence-electron chi connectivity index (χ1n) is 7.72.